The number of sulfone groups is 2. The number of aliphatic hydroxyl groups excluding tert-OH is 1. The maximum atomic E-state index is 13.8. The minimum atomic E-state index is -3.47. The molecule has 0 spiro atoms. The highest BCUT2D eigenvalue weighted by molar-refractivity contribution is 9.10. The van der Waals surface area contributed by atoms with E-state index in [1.54, 1.807) is 30.3 Å². The highest BCUT2D eigenvalue weighted by atomic mass is 79.9. The molecule has 15 heteroatoms. The van der Waals surface area contributed by atoms with Gasteiger partial charge in [0.25, 0.3) is 0 Å². The molecule has 1 saturated carbocycles. The quantitative estimate of drug-likeness (QED) is 0.297. The molecule has 1 aliphatic carbocycles. The summed E-state index contributed by atoms with van der Waals surface area (Å²) in [6.07, 6.45) is 8.91. The summed E-state index contributed by atoms with van der Waals surface area (Å²) in [6.45, 7) is -0.727. The molecule has 48 heavy (non-hydrogen) atoms. The Labute approximate surface area is 288 Å². The van der Waals surface area contributed by atoms with Crippen LogP contribution in [0.15, 0.2) is 70.4 Å². The standard InChI is InChI=1S/C33H36BrNO11S2/c1-47(39,40)11-9-43-32(37)26-13-24(22-5-3-21(19-36)4-6-22)14-29(23-7-8-23)35(18-27(26)33(38)44-10-12-48(2,41)42)17-25-15-30-31(16-28(25)34)46-20-45-30/h3-6,13-16,18,23,29,36H,7-12,17,19-20H2,1-2H3. The molecule has 0 aromatic heterocycles. The number of esters is 2. The Kier molecular flexibility index (Phi) is 11.0. The molecule has 12 nitrogen and oxygen atoms in total. The van der Waals surface area contributed by atoms with Gasteiger partial charge in [-0.3, -0.25) is 0 Å². The zero-order chi connectivity index (χ0) is 34.6. The number of nitrogens with zero attached hydrogens (tertiary/aromatic N) is 1. The molecule has 1 fully saturated rings. The molecule has 258 valence electrons. The minimum absolute atomic E-state index is 0.0831. The molecule has 2 aliphatic heterocycles. The summed E-state index contributed by atoms with van der Waals surface area (Å²) >= 11 is 3.62. The fourth-order valence-electron chi connectivity index (χ4n) is 5.20. The lowest BCUT2D eigenvalue weighted by atomic mass is 9.93. The molecule has 1 atom stereocenters. The van der Waals surface area contributed by atoms with E-state index < -0.39 is 56.3 Å². The van der Waals surface area contributed by atoms with E-state index in [-0.39, 0.29) is 43.1 Å². The van der Waals surface area contributed by atoms with Gasteiger partial charge in [0.2, 0.25) is 6.79 Å². The predicted molar refractivity (Wildman–Crippen MR) is 180 cm³/mol. The van der Waals surface area contributed by atoms with Gasteiger partial charge in [-0.2, -0.15) is 0 Å². The Morgan fingerprint density at radius 3 is 2.06 bits per heavy atom. The SMILES string of the molecule is CS(=O)(=O)CCOC(=O)C1=CC(c2ccc(CO)cc2)=CC(C2CC2)N(Cc2cc3c(cc2Br)OCO3)C=C1C(=O)OCCS(C)(=O)=O. The average molecular weight is 767 g/mol. The smallest absolute Gasteiger partial charge is 0.340 e. The first-order valence-corrected chi connectivity index (χ1v) is 20.0. The van der Waals surface area contributed by atoms with E-state index in [1.165, 1.54) is 12.3 Å². The molecule has 2 aromatic carbocycles. The van der Waals surface area contributed by atoms with Crippen molar-refractivity contribution in [3.63, 3.8) is 0 Å². The van der Waals surface area contributed by atoms with E-state index in [4.69, 9.17) is 18.9 Å². The van der Waals surface area contributed by atoms with Gasteiger partial charge in [-0.05, 0) is 59.2 Å². The Morgan fingerprint density at radius 2 is 1.50 bits per heavy atom. The van der Waals surface area contributed by atoms with E-state index in [1.807, 2.05) is 17.0 Å². The fraction of sp³-hybridized carbons (Fsp3) is 0.394. The molecule has 0 radical (unpaired) electrons. The van der Waals surface area contributed by atoms with Crippen LogP contribution in [0.5, 0.6) is 11.5 Å². The molecule has 0 bridgehead atoms. The summed E-state index contributed by atoms with van der Waals surface area (Å²) in [5.74, 6) is -1.42. The van der Waals surface area contributed by atoms with Gasteiger partial charge in [0, 0.05) is 29.7 Å². The monoisotopic (exact) mass is 765 g/mol. The number of halogens is 1. The van der Waals surface area contributed by atoms with Crippen molar-refractivity contribution in [1.29, 1.82) is 0 Å². The number of allylic oxidation sites excluding steroid dienone is 2. The highest BCUT2D eigenvalue weighted by Gasteiger charge is 2.37. The molecule has 0 amide bonds. The number of hydrogen-bond acceptors (Lipinski definition) is 12. The highest BCUT2D eigenvalue weighted by Crippen LogP contribution is 2.42. The molecular formula is C33H36BrNO11S2. The zero-order valence-corrected chi connectivity index (χ0v) is 29.6. The summed E-state index contributed by atoms with van der Waals surface area (Å²) in [5, 5.41) is 9.62. The Balaban J connectivity index is 1.64. The second-order valence-electron chi connectivity index (χ2n) is 11.9. The van der Waals surface area contributed by atoms with Crippen LogP contribution in [0.1, 0.15) is 29.5 Å². The van der Waals surface area contributed by atoms with Crippen molar-refractivity contribution in [2.24, 2.45) is 5.92 Å². The summed E-state index contributed by atoms with van der Waals surface area (Å²) in [6, 6.07) is 10.5. The van der Waals surface area contributed by atoms with Gasteiger partial charge in [-0.15, -0.1) is 0 Å². The van der Waals surface area contributed by atoms with Crippen LogP contribution < -0.4 is 9.47 Å². The molecular weight excluding hydrogens is 730 g/mol. The molecule has 5 rings (SSSR count). The van der Waals surface area contributed by atoms with Crippen LogP contribution in [0.3, 0.4) is 0 Å². The molecule has 0 saturated heterocycles. The van der Waals surface area contributed by atoms with Crippen LogP contribution in [0.2, 0.25) is 0 Å². The van der Waals surface area contributed by atoms with Crippen molar-refractivity contribution in [1.82, 2.24) is 4.90 Å². The van der Waals surface area contributed by atoms with Crippen LogP contribution >= 0.6 is 15.9 Å². The first-order chi connectivity index (χ1) is 22.7. The van der Waals surface area contributed by atoms with E-state index in [9.17, 15) is 31.5 Å². The molecule has 3 aliphatic rings. The van der Waals surface area contributed by atoms with Crippen LogP contribution in [-0.4, -0.2) is 88.8 Å². The number of carbonyl (C=O) groups excluding carboxylic acids is 2. The normalized spacial score (nSPS) is 17.9. The molecule has 2 heterocycles. The third-order valence-corrected chi connectivity index (χ3v) is 10.5. The maximum absolute atomic E-state index is 13.8. The van der Waals surface area contributed by atoms with Gasteiger partial charge in [0.05, 0.1) is 35.3 Å². The summed E-state index contributed by atoms with van der Waals surface area (Å²) in [4.78, 5) is 29.4. The van der Waals surface area contributed by atoms with Gasteiger partial charge in [0.1, 0.15) is 13.2 Å². The van der Waals surface area contributed by atoms with Crippen molar-refractivity contribution < 1.29 is 50.5 Å². The van der Waals surface area contributed by atoms with Crippen molar-refractivity contribution in [2.45, 2.75) is 32.0 Å². The number of fused-ring (bicyclic) bond motifs is 1. The van der Waals surface area contributed by atoms with Gasteiger partial charge < -0.3 is 29.0 Å². The van der Waals surface area contributed by atoms with E-state index in [0.717, 1.165) is 35.4 Å². The van der Waals surface area contributed by atoms with Crippen LogP contribution in [0.25, 0.3) is 5.57 Å². The average Bonchev–Trinajstić information content (AvgIpc) is 3.75. The summed E-state index contributed by atoms with van der Waals surface area (Å²) in [7, 11) is -6.93. The van der Waals surface area contributed by atoms with Gasteiger partial charge in [-0.1, -0.05) is 46.3 Å². The number of benzene rings is 2. The van der Waals surface area contributed by atoms with E-state index in [2.05, 4.69) is 15.9 Å². The van der Waals surface area contributed by atoms with Crippen LogP contribution in [-0.2, 0) is 51.9 Å². The zero-order valence-electron chi connectivity index (χ0n) is 26.4. The molecule has 1 unspecified atom stereocenters. The predicted octanol–water partition coefficient (Wildman–Crippen LogP) is 3.33. The summed E-state index contributed by atoms with van der Waals surface area (Å²) in [5.41, 5.74) is 2.36. The first-order valence-electron chi connectivity index (χ1n) is 15.1. The fourth-order valence-corrected chi connectivity index (χ4v) is 6.42. The molecule has 2 aromatic rings. The third-order valence-electron chi connectivity index (χ3n) is 7.90. The lowest BCUT2D eigenvalue weighted by Gasteiger charge is -2.32. The lowest BCUT2D eigenvalue weighted by Crippen LogP contribution is -2.34. The second-order valence-corrected chi connectivity index (χ2v) is 17.3. The van der Waals surface area contributed by atoms with Gasteiger partial charge >= 0.3 is 11.9 Å². The van der Waals surface area contributed by atoms with E-state index >= 15 is 0 Å². The maximum Gasteiger partial charge on any atom is 0.340 e. The number of carbonyl (C=O) groups is 2. The minimum Gasteiger partial charge on any atom is -0.461 e. The number of rotatable bonds is 13. The van der Waals surface area contributed by atoms with Crippen molar-refractivity contribution in [3.05, 3.63) is 87.1 Å². The molecule has 1 N–H and O–H groups in total. The van der Waals surface area contributed by atoms with Crippen LogP contribution in [0.4, 0.5) is 0 Å². The van der Waals surface area contributed by atoms with Gasteiger partial charge in [-0.25, -0.2) is 26.4 Å². The third kappa shape index (κ3) is 9.49. The number of aliphatic hydroxyl groups is 1. The van der Waals surface area contributed by atoms with Crippen molar-refractivity contribution >= 4 is 53.1 Å². The van der Waals surface area contributed by atoms with Crippen LogP contribution in [0, 0.1) is 5.92 Å². The van der Waals surface area contributed by atoms with Crippen molar-refractivity contribution in [3.8, 4) is 11.5 Å². The van der Waals surface area contributed by atoms with Crippen molar-refractivity contribution in [2.75, 3.05) is 44.0 Å². The summed E-state index contributed by atoms with van der Waals surface area (Å²) < 4.78 is 69.8. The Hall–Kier alpha value is -3.66. The lowest BCUT2D eigenvalue weighted by molar-refractivity contribution is -0.142. The van der Waals surface area contributed by atoms with Gasteiger partial charge in [0.15, 0.2) is 31.2 Å². The Bertz CT molecular complexity index is 1880. The second kappa shape index (κ2) is 14.8. The number of ether oxygens (including phenoxy) is 4. The number of hydrogen-bond donors (Lipinski definition) is 1. The van der Waals surface area contributed by atoms with E-state index in [0.29, 0.717) is 28.2 Å². The first kappa shape index (κ1) is 35.6. The topological polar surface area (TPSA) is 163 Å². The largest absolute Gasteiger partial charge is 0.461 e. The Morgan fingerprint density at radius 1 is 0.917 bits per heavy atom.